The molecule has 0 heterocycles. The molecule has 0 fully saturated rings. The number of esters is 1. The molecule has 0 aliphatic rings. The lowest BCUT2D eigenvalue weighted by Crippen LogP contribution is -2.30. The molecule has 4 nitrogen and oxygen atoms in total. The highest BCUT2D eigenvalue weighted by Gasteiger charge is 2.14. The molecule has 2 aromatic carbocycles. The first kappa shape index (κ1) is 15.0. The van der Waals surface area contributed by atoms with Crippen LogP contribution in [-0.4, -0.2) is 23.1 Å². The van der Waals surface area contributed by atoms with E-state index in [-0.39, 0.29) is 6.61 Å². The minimum absolute atomic E-state index is 0.0469. The Morgan fingerprint density at radius 2 is 1.86 bits per heavy atom. The van der Waals surface area contributed by atoms with Crippen molar-refractivity contribution in [2.24, 2.45) is 0 Å². The molecule has 2 aromatic rings. The van der Waals surface area contributed by atoms with Gasteiger partial charge in [0.1, 0.15) is 6.61 Å². The van der Waals surface area contributed by atoms with Crippen molar-refractivity contribution >= 4 is 18.6 Å². The number of carbonyl (C=O) groups excluding carboxylic acids is 1. The van der Waals surface area contributed by atoms with Gasteiger partial charge in [0.15, 0.2) is 0 Å². The van der Waals surface area contributed by atoms with E-state index in [0.717, 1.165) is 17.2 Å². The SMILES string of the molecule is C=CC(=O)OCc1cc(B(O)O)cc(-c2ccccc2)c1. The van der Waals surface area contributed by atoms with E-state index in [2.05, 4.69) is 6.58 Å². The maximum Gasteiger partial charge on any atom is 0.488 e. The molecule has 21 heavy (non-hydrogen) atoms. The molecule has 2 rings (SSSR count). The van der Waals surface area contributed by atoms with Crippen molar-refractivity contribution in [3.8, 4) is 11.1 Å². The van der Waals surface area contributed by atoms with Crippen LogP contribution in [0.5, 0.6) is 0 Å². The molecule has 2 N–H and O–H groups in total. The van der Waals surface area contributed by atoms with Crippen molar-refractivity contribution in [3.05, 3.63) is 66.7 Å². The number of hydrogen-bond acceptors (Lipinski definition) is 4. The maximum absolute atomic E-state index is 11.1. The Balaban J connectivity index is 2.35. The predicted molar refractivity (Wildman–Crippen MR) is 81.7 cm³/mol. The van der Waals surface area contributed by atoms with Crippen LogP contribution < -0.4 is 5.46 Å². The van der Waals surface area contributed by atoms with Crippen molar-refractivity contribution in [1.29, 1.82) is 0 Å². The summed E-state index contributed by atoms with van der Waals surface area (Å²) in [5.74, 6) is -0.522. The lowest BCUT2D eigenvalue weighted by molar-refractivity contribution is -0.138. The fraction of sp³-hybridized carbons (Fsp3) is 0.0625. The molecular formula is C16H15BO4. The monoisotopic (exact) mass is 282 g/mol. The van der Waals surface area contributed by atoms with E-state index in [1.54, 1.807) is 12.1 Å². The molecule has 0 saturated carbocycles. The molecule has 0 aliphatic heterocycles. The van der Waals surface area contributed by atoms with Gasteiger partial charge in [-0.15, -0.1) is 0 Å². The summed E-state index contributed by atoms with van der Waals surface area (Å²) >= 11 is 0. The molecular weight excluding hydrogens is 267 g/mol. The Morgan fingerprint density at radius 3 is 2.48 bits per heavy atom. The van der Waals surface area contributed by atoms with Crippen molar-refractivity contribution in [2.75, 3.05) is 0 Å². The van der Waals surface area contributed by atoms with Gasteiger partial charge in [0.2, 0.25) is 0 Å². The summed E-state index contributed by atoms with van der Waals surface area (Å²) in [5, 5.41) is 18.7. The highest BCUT2D eigenvalue weighted by molar-refractivity contribution is 6.58. The van der Waals surface area contributed by atoms with Gasteiger partial charge in [0.25, 0.3) is 0 Å². The summed E-state index contributed by atoms with van der Waals surface area (Å²) in [5.41, 5.74) is 2.79. The Hall–Kier alpha value is -2.37. The van der Waals surface area contributed by atoms with Crippen molar-refractivity contribution in [2.45, 2.75) is 6.61 Å². The molecule has 0 amide bonds. The minimum Gasteiger partial charge on any atom is -0.458 e. The van der Waals surface area contributed by atoms with Gasteiger partial charge < -0.3 is 14.8 Å². The van der Waals surface area contributed by atoms with Crippen LogP contribution >= 0.6 is 0 Å². The van der Waals surface area contributed by atoms with Gasteiger partial charge in [-0.1, -0.05) is 49.0 Å². The molecule has 5 heteroatoms. The average Bonchev–Trinajstić information content (AvgIpc) is 2.53. The predicted octanol–water partition coefficient (Wildman–Crippen LogP) is 1.26. The first-order chi connectivity index (χ1) is 10.1. The summed E-state index contributed by atoms with van der Waals surface area (Å²) < 4.78 is 4.98. The van der Waals surface area contributed by atoms with Crippen LogP contribution in [-0.2, 0) is 16.1 Å². The van der Waals surface area contributed by atoms with E-state index in [9.17, 15) is 14.8 Å². The van der Waals surface area contributed by atoms with Gasteiger partial charge in [-0.25, -0.2) is 4.79 Å². The first-order valence-electron chi connectivity index (χ1n) is 6.45. The minimum atomic E-state index is -1.58. The van der Waals surface area contributed by atoms with Gasteiger partial charge in [0, 0.05) is 6.08 Å². The second kappa shape index (κ2) is 6.88. The van der Waals surface area contributed by atoms with Crippen molar-refractivity contribution in [1.82, 2.24) is 0 Å². The zero-order chi connectivity index (χ0) is 15.2. The Labute approximate surface area is 123 Å². The van der Waals surface area contributed by atoms with Gasteiger partial charge in [-0.3, -0.25) is 0 Å². The van der Waals surface area contributed by atoms with E-state index in [1.807, 2.05) is 36.4 Å². The van der Waals surface area contributed by atoms with E-state index in [4.69, 9.17) is 4.74 Å². The van der Waals surface area contributed by atoms with Gasteiger partial charge in [-0.05, 0) is 28.2 Å². The Morgan fingerprint density at radius 1 is 1.14 bits per heavy atom. The summed E-state index contributed by atoms with van der Waals surface area (Å²) in [6, 6.07) is 14.7. The van der Waals surface area contributed by atoms with Crippen molar-refractivity contribution < 1.29 is 19.6 Å². The molecule has 0 unspecified atom stereocenters. The normalized spacial score (nSPS) is 10.0. The standard InChI is InChI=1S/C16H15BO4/c1-2-16(18)21-11-12-8-14(10-15(9-12)17(19)20)13-6-4-3-5-7-13/h2-10,19-20H,1,11H2. The summed E-state index contributed by atoms with van der Waals surface area (Å²) in [4.78, 5) is 11.1. The van der Waals surface area contributed by atoms with Gasteiger partial charge >= 0.3 is 13.1 Å². The summed E-state index contributed by atoms with van der Waals surface area (Å²) in [6.07, 6.45) is 1.09. The van der Waals surface area contributed by atoms with Crippen LogP contribution in [0.1, 0.15) is 5.56 Å². The zero-order valence-electron chi connectivity index (χ0n) is 11.4. The number of carbonyl (C=O) groups is 1. The smallest absolute Gasteiger partial charge is 0.458 e. The molecule has 0 spiro atoms. The number of rotatable bonds is 5. The van der Waals surface area contributed by atoms with Gasteiger partial charge in [0.05, 0.1) is 0 Å². The van der Waals surface area contributed by atoms with E-state index in [0.29, 0.717) is 11.0 Å². The topological polar surface area (TPSA) is 66.8 Å². The zero-order valence-corrected chi connectivity index (χ0v) is 11.4. The Kier molecular flexibility index (Phi) is 4.92. The molecule has 0 saturated heterocycles. The van der Waals surface area contributed by atoms with Crippen LogP contribution in [0.15, 0.2) is 61.2 Å². The number of hydrogen-bond donors (Lipinski definition) is 2. The summed E-state index contributed by atoms with van der Waals surface area (Å²) in [6.45, 7) is 3.38. The summed E-state index contributed by atoms with van der Waals surface area (Å²) in [7, 11) is -1.58. The Bertz CT molecular complexity index is 638. The number of benzene rings is 2. The average molecular weight is 282 g/mol. The largest absolute Gasteiger partial charge is 0.488 e. The second-order valence-corrected chi connectivity index (χ2v) is 4.51. The van der Waals surface area contributed by atoms with Crippen LogP contribution in [0.4, 0.5) is 0 Å². The van der Waals surface area contributed by atoms with Gasteiger partial charge in [-0.2, -0.15) is 0 Å². The molecule has 0 atom stereocenters. The molecule has 0 bridgehead atoms. The fourth-order valence-electron chi connectivity index (χ4n) is 1.96. The lowest BCUT2D eigenvalue weighted by Gasteiger charge is -2.10. The quantitative estimate of drug-likeness (QED) is 0.492. The first-order valence-corrected chi connectivity index (χ1v) is 6.45. The highest BCUT2D eigenvalue weighted by Crippen LogP contribution is 2.19. The highest BCUT2D eigenvalue weighted by atomic mass is 16.5. The molecule has 0 aromatic heterocycles. The van der Waals surface area contributed by atoms with E-state index >= 15 is 0 Å². The second-order valence-electron chi connectivity index (χ2n) is 4.51. The molecule has 106 valence electrons. The lowest BCUT2D eigenvalue weighted by atomic mass is 9.78. The third kappa shape index (κ3) is 4.05. The van der Waals surface area contributed by atoms with E-state index in [1.165, 1.54) is 0 Å². The van der Waals surface area contributed by atoms with Crippen molar-refractivity contribution in [3.63, 3.8) is 0 Å². The third-order valence-electron chi connectivity index (χ3n) is 2.97. The molecule has 0 radical (unpaired) electrons. The molecule has 0 aliphatic carbocycles. The van der Waals surface area contributed by atoms with Crippen LogP contribution in [0.2, 0.25) is 0 Å². The third-order valence-corrected chi connectivity index (χ3v) is 2.97. The maximum atomic E-state index is 11.1. The van der Waals surface area contributed by atoms with Crippen LogP contribution in [0.25, 0.3) is 11.1 Å². The fourth-order valence-corrected chi connectivity index (χ4v) is 1.96. The van der Waals surface area contributed by atoms with Crippen LogP contribution in [0, 0.1) is 0 Å². The van der Waals surface area contributed by atoms with Crippen LogP contribution in [0.3, 0.4) is 0 Å². The van der Waals surface area contributed by atoms with E-state index < -0.39 is 13.1 Å². The number of ether oxygens (including phenoxy) is 1.